The molecule has 1 atom stereocenters. The Morgan fingerprint density at radius 2 is 1.55 bits per heavy atom. The largest absolute Gasteiger partial charge is 0.484 e. The molecule has 0 aliphatic heterocycles. The summed E-state index contributed by atoms with van der Waals surface area (Å²) in [5, 5.41) is 3.22. The topological polar surface area (TPSA) is 58.6 Å². The van der Waals surface area contributed by atoms with E-state index in [9.17, 15) is 14.0 Å². The Morgan fingerprint density at radius 1 is 0.895 bits per heavy atom. The van der Waals surface area contributed by atoms with Gasteiger partial charge >= 0.3 is 0 Å². The lowest BCUT2D eigenvalue weighted by Gasteiger charge is -2.33. The van der Waals surface area contributed by atoms with Crippen LogP contribution in [0.4, 0.5) is 4.39 Å². The second kappa shape index (κ2) is 13.8. The molecule has 0 saturated heterocycles. The van der Waals surface area contributed by atoms with Gasteiger partial charge in [0, 0.05) is 19.0 Å². The van der Waals surface area contributed by atoms with Crippen molar-refractivity contribution in [3.8, 4) is 5.75 Å². The molecule has 3 aromatic rings. The van der Waals surface area contributed by atoms with Gasteiger partial charge in [0.2, 0.25) is 5.91 Å². The molecule has 2 amide bonds. The molecule has 4 rings (SSSR count). The first kappa shape index (κ1) is 27.4. The summed E-state index contributed by atoms with van der Waals surface area (Å²) in [6.45, 7) is 2.06. The first-order valence-corrected chi connectivity index (χ1v) is 13.6. The molecule has 1 saturated carbocycles. The van der Waals surface area contributed by atoms with Gasteiger partial charge in [-0.05, 0) is 60.2 Å². The number of rotatable bonds is 11. The van der Waals surface area contributed by atoms with E-state index in [0.717, 1.165) is 43.2 Å². The van der Waals surface area contributed by atoms with E-state index in [1.807, 2.05) is 54.6 Å². The van der Waals surface area contributed by atoms with Crippen molar-refractivity contribution in [2.45, 2.75) is 70.5 Å². The molecule has 1 aliphatic rings. The van der Waals surface area contributed by atoms with Crippen molar-refractivity contribution in [3.05, 3.63) is 101 Å². The zero-order chi connectivity index (χ0) is 26.7. The Morgan fingerprint density at radius 3 is 2.21 bits per heavy atom. The molecule has 3 aromatic carbocycles. The van der Waals surface area contributed by atoms with E-state index in [0.29, 0.717) is 12.2 Å². The van der Waals surface area contributed by atoms with Gasteiger partial charge in [-0.2, -0.15) is 0 Å². The number of nitrogens with one attached hydrogen (secondary N) is 1. The standard InChI is InChI=1S/C32H37FN2O3/c1-2-24-15-19-29(20-16-24)38-23-31(36)35(22-26-13-17-27(33)18-14-26)30(21-25-9-5-3-6-10-25)32(37)34-28-11-7-4-8-12-28/h3,5-6,9-10,13-20,28,30H,2,4,7-8,11-12,21-23H2,1H3,(H,34,37)/t30-/m1/s1. The molecule has 1 N–H and O–H groups in total. The van der Waals surface area contributed by atoms with E-state index < -0.39 is 6.04 Å². The highest BCUT2D eigenvalue weighted by molar-refractivity contribution is 5.88. The van der Waals surface area contributed by atoms with Crippen LogP contribution in [0.2, 0.25) is 0 Å². The summed E-state index contributed by atoms with van der Waals surface area (Å²) < 4.78 is 19.5. The van der Waals surface area contributed by atoms with Crippen molar-refractivity contribution in [3.63, 3.8) is 0 Å². The molecule has 200 valence electrons. The van der Waals surface area contributed by atoms with Crippen molar-refractivity contribution in [2.24, 2.45) is 0 Å². The van der Waals surface area contributed by atoms with Crippen molar-refractivity contribution in [1.29, 1.82) is 0 Å². The molecule has 1 fully saturated rings. The molecule has 1 aliphatic carbocycles. The zero-order valence-corrected chi connectivity index (χ0v) is 22.1. The predicted molar refractivity (Wildman–Crippen MR) is 147 cm³/mol. The van der Waals surface area contributed by atoms with Crippen LogP contribution in [0.25, 0.3) is 0 Å². The van der Waals surface area contributed by atoms with E-state index in [-0.39, 0.29) is 36.8 Å². The van der Waals surface area contributed by atoms with Gasteiger partial charge in [0.05, 0.1) is 0 Å². The van der Waals surface area contributed by atoms with Crippen molar-refractivity contribution in [2.75, 3.05) is 6.61 Å². The maximum absolute atomic E-state index is 13.7. The first-order valence-electron chi connectivity index (χ1n) is 13.6. The third kappa shape index (κ3) is 7.91. The fraction of sp³-hybridized carbons (Fsp3) is 0.375. The van der Waals surface area contributed by atoms with Crippen LogP contribution in [0.5, 0.6) is 5.75 Å². The van der Waals surface area contributed by atoms with Crippen LogP contribution in [0, 0.1) is 5.82 Å². The summed E-state index contributed by atoms with van der Waals surface area (Å²) in [5.41, 5.74) is 2.89. The summed E-state index contributed by atoms with van der Waals surface area (Å²) >= 11 is 0. The average molecular weight is 517 g/mol. The maximum Gasteiger partial charge on any atom is 0.261 e. The highest BCUT2D eigenvalue weighted by atomic mass is 19.1. The van der Waals surface area contributed by atoms with Gasteiger partial charge < -0.3 is 15.0 Å². The number of benzene rings is 3. The molecule has 38 heavy (non-hydrogen) atoms. The van der Waals surface area contributed by atoms with Crippen LogP contribution in [0.15, 0.2) is 78.9 Å². The minimum atomic E-state index is -0.733. The fourth-order valence-electron chi connectivity index (χ4n) is 4.93. The second-order valence-corrected chi connectivity index (χ2v) is 9.98. The molecule has 0 bridgehead atoms. The number of carbonyl (C=O) groups excluding carboxylic acids is 2. The summed E-state index contributed by atoms with van der Waals surface area (Å²) in [6.07, 6.45) is 6.57. The number of amides is 2. The minimum absolute atomic E-state index is 0.116. The summed E-state index contributed by atoms with van der Waals surface area (Å²) in [7, 11) is 0. The van der Waals surface area contributed by atoms with Crippen LogP contribution in [0.1, 0.15) is 55.7 Å². The molecule has 6 heteroatoms. The monoisotopic (exact) mass is 516 g/mol. The van der Waals surface area contributed by atoms with Crippen LogP contribution in [-0.4, -0.2) is 35.4 Å². The van der Waals surface area contributed by atoms with E-state index in [4.69, 9.17) is 4.74 Å². The van der Waals surface area contributed by atoms with Crippen LogP contribution >= 0.6 is 0 Å². The van der Waals surface area contributed by atoms with Gasteiger partial charge in [-0.25, -0.2) is 4.39 Å². The van der Waals surface area contributed by atoms with Crippen LogP contribution in [-0.2, 0) is 29.0 Å². The van der Waals surface area contributed by atoms with E-state index in [1.165, 1.54) is 24.1 Å². The number of ether oxygens (including phenoxy) is 1. The lowest BCUT2D eigenvalue weighted by atomic mass is 9.94. The van der Waals surface area contributed by atoms with Gasteiger partial charge in [-0.15, -0.1) is 0 Å². The van der Waals surface area contributed by atoms with Gasteiger partial charge in [0.15, 0.2) is 6.61 Å². The lowest BCUT2D eigenvalue weighted by Crippen LogP contribution is -2.53. The van der Waals surface area contributed by atoms with Crippen molar-refractivity contribution < 1.29 is 18.7 Å². The molecular weight excluding hydrogens is 479 g/mol. The Labute approximate surface area is 225 Å². The Hall–Kier alpha value is -3.67. The van der Waals surface area contributed by atoms with Gasteiger partial charge in [-0.3, -0.25) is 9.59 Å². The second-order valence-electron chi connectivity index (χ2n) is 9.98. The predicted octanol–water partition coefficient (Wildman–Crippen LogP) is 5.86. The quantitative estimate of drug-likeness (QED) is 0.348. The minimum Gasteiger partial charge on any atom is -0.484 e. The van der Waals surface area contributed by atoms with Gasteiger partial charge in [0.1, 0.15) is 17.6 Å². The number of halogens is 1. The number of aryl methyl sites for hydroxylation is 1. The average Bonchev–Trinajstić information content (AvgIpc) is 2.96. The van der Waals surface area contributed by atoms with E-state index >= 15 is 0 Å². The van der Waals surface area contributed by atoms with E-state index in [2.05, 4.69) is 12.2 Å². The summed E-state index contributed by atoms with van der Waals surface area (Å²) in [5.74, 6) is -0.206. The molecule has 0 aromatic heterocycles. The highest BCUT2D eigenvalue weighted by Crippen LogP contribution is 2.20. The number of hydrogen-bond donors (Lipinski definition) is 1. The summed E-state index contributed by atoms with van der Waals surface area (Å²) in [4.78, 5) is 29.0. The van der Waals surface area contributed by atoms with Crippen LogP contribution < -0.4 is 10.1 Å². The number of hydrogen-bond acceptors (Lipinski definition) is 3. The first-order chi connectivity index (χ1) is 18.5. The smallest absolute Gasteiger partial charge is 0.261 e. The Kier molecular flexibility index (Phi) is 9.90. The maximum atomic E-state index is 13.7. The molecule has 0 heterocycles. The van der Waals surface area contributed by atoms with Gasteiger partial charge in [-0.1, -0.05) is 80.8 Å². The third-order valence-electron chi connectivity index (χ3n) is 7.18. The molecule has 0 radical (unpaired) electrons. The molecular formula is C32H37FN2O3. The number of carbonyl (C=O) groups is 2. The number of nitrogens with zero attached hydrogens (tertiary/aromatic N) is 1. The lowest BCUT2D eigenvalue weighted by molar-refractivity contribution is -0.143. The fourth-order valence-corrected chi connectivity index (χ4v) is 4.93. The highest BCUT2D eigenvalue weighted by Gasteiger charge is 2.32. The van der Waals surface area contributed by atoms with Gasteiger partial charge in [0.25, 0.3) is 5.91 Å². The Bertz CT molecular complexity index is 1160. The van der Waals surface area contributed by atoms with Crippen molar-refractivity contribution >= 4 is 11.8 Å². The molecule has 5 nitrogen and oxygen atoms in total. The molecule has 0 spiro atoms. The SMILES string of the molecule is CCc1ccc(OCC(=O)N(Cc2ccc(F)cc2)[C@H](Cc2ccccc2)C(=O)NC2CCCCC2)cc1. The zero-order valence-electron chi connectivity index (χ0n) is 22.1. The van der Waals surface area contributed by atoms with Crippen LogP contribution in [0.3, 0.4) is 0 Å². The third-order valence-corrected chi connectivity index (χ3v) is 7.18. The van der Waals surface area contributed by atoms with E-state index in [1.54, 1.807) is 17.0 Å². The molecule has 0 unspecified atom stereocenters. The van der Waals surface area contributed by atoms with Crippen molar-refractivity contribution in [1.82, 2.24) is 10.2 Å². The normalized spacial score (nSPS) is 14.5. The summed E-state index contributed by atoms with van der Waals surface area (Å²) in [6, 6.07) is 22.8. The Balaban J connectivity index is 1.58.